The molecule has 1 N–H and O–H groups in total. The van der Waals surface area contributed by atoms with Crippen molar-refractivity contribution < 1.29 is 0 Å². The van der Waals surface area contributed by atoms with Gasteiger partial charge in [0.2, 0.25) is 0 Å². The van der Waals surface area contributed by atoms with Gasteiger partial charge in [-0.25, -0.2) is 0 Å². The summed E-state index contributed by atoms with van der Waals surface area (Å²) in [6.45, 7) is 3.30. The number of rotatable bonds is 3. The summed E-state index contributed by atoms with van der Waals surface area (Å²) in [5, 5.41) is 4.50. The van der Waals surface area contributed by atoms with Gasteiger partial charge in [-0.05, 0) is 36.5 Å². The standard InChI is InChI=1S/C15H21BrClN/c1-11-5-3-2-4-6-15(11)18-10-12-7-8-13(17)9-14(12)16/h7-9,11,15,18H,2-6,10H2,1H3. The smallest absolute Gasteiger partial charge is 0.0417 e. The Bertz CT molecular complexity index is 394. The quantitative estimate of drug-likeness (QED) is 0.755. The molecule has 0 heterocycles. The van der Waals surface area contributed by atoms with Gasteiger partial charge in [-0.2, -0.15) is 0 Å². The summed E-state index contributed by atoms with van der Waals surface area (Å²) >= 11 is 9.54. The average Bonchev–Trinajstić information content (AvgIpc) is 2.53. The van der Waals surface area contributed by atoms with Crippen molar-refractivity contribution in [3.63, 3.8) is 0 Å². The van der Waals surface area contributed by atoms with E-state index in [2.05, 4.69) is 34.2 Å². The third kappa shape index (κ3) is 3.97. The topological polar surface area (TPSA) is 12.0 Å². The normalized spacial score (nSPS) is 24.8. The minimum atomic E-state index is 0.662. The van der Waals surface area contributed by atoms with Crippen LogP contribution >= 0.6 is 27.5 Å². The highest BCUT2D eigenvalue weighted by Crippen LogP contribution is 2.25. The molecule has 1 saturated carbocycles. The van der Waals surface area contributed by atoms with Crippen LogP contribution in [0.4, 0.5) is 0 Å². The molecule has 2 unspecified atom stereocenters. The molecule has 1 fully saturated rings. The lowest BCUT2D eigenvalue weighted by atomic mass is 9.97. The van der Waals surface area contributed by atoms with E-state index in [0.29, 0.717) is 6.04 Å². The Morgan fingerprint density at radius 1 is 1.28 bits per heavy atom. The third-order valence-corrected chi connectivity index (χ3v) is 4.90. The van der Waals surface area contributed by atoms with E-state index < -0.39 is 0 Å². The Kier molecular flexibility index (Phi) is 5.53. The van der Waals surface area contributed by atoms with E-state index in [1.807, 2.05) is 12.1 Å². The second kappa shape index (κ2) is 6.93. The van der Waals surface area contributed by atoms with Crippen LogP contribution in [0.5, 0.6) is 0 Å². The molecule has 2 atom stereocenters. The van der Waals surface area contributed by atoms with Gasteiger partial charge in [0, 0.05) is 22.1 Å². The highest BCUT2D eigenvalue weighted by Gasteiger charge is 2.19. The Balaban J connectivity index is 1.93. The van der Waals surface area contributed by atoms with Gasteiger partial charge >= 0.3 is 0 Å². The second-order valence-corrected chi connectivity index (χ2v) is 6.63. The van der Waals surface area contributed by atoms with Gasteiger partial charge in [-0.3, -0.25) is 0 Å². The molecule has 0 spiro atoms. The van der Waals surface area contributed by atoms with Crippen LogP contribution in [0.15, 0.2) is 22.7 Å². The van der Waals surface area contributed by atoms with Gasteiger partial charge in [0.25, 0.3) is 0 Å². The summed E-state index contributed by atoms with van der Waals surface area (Å²) in [5.41, 5.74) is 1.29. The molecule has 1 nitrogen and oxygen atoms in total. The molecule has 2 rings (SSSR count). The molecule has 0 bridgehead atoms. The molecule has 0 amide bonds. The summed E-state index contributed by atoms with van der Waals surface area (Å²) < 4.78 is 1.10. The highest BCUT2D eigenvalue weighted by molar-refractivity contribution is 9.10. The minimum absolute atomic E-state index is 0.662. The van der Waals surface area contributed by atoms with Crippen LogP contribution in [0.3, 0.4) is 0 Å². The molecule has 18 heavy (non-hydrogen) atoms. The maximum absolute atomic E-state index is 5.96. The number of halogens is 2. The maximum Gasteiger partial charge on any atom is 0.0417 e. The fraction of sp³-hybridized carbons (Fsp3) is 0.600. The lowest BCUT2D eigenvalue weighted by Gasteiger charge is -2.23. The van der Waals surface area contributed by atoms with Gasteiger partial charge in [-0.15, -0.1) is 0 Å². The van der Waals surface area contributed by atoms with Crippen LogP contribution in [-0.2, 0) is 6.54 Å². The molecule has 1 aromatic carbocycles. The van der Waals surface area contributed by atoms with Crippen LogP contribution in [-0.4, -0.2) is 6.04 Å². The molecular weight excluding hydrogens is 310 g/mol. The predicted octanol–water partition coefficient (Wildman–Crippen LogP) is 5.16. The van der Waals surface area contributed by atoms with E-state index in [1.165, 1.54) is 37.7 Å². The van der Waals surface area contributed by atoms with Crippen LogP contribution in [0, 0.1) is 5.92 Å². The number of hydrogen-bond donors (Lipinski definition) is 1. The van der Waals surface area contributed by atoms with Gasteiger partial charge in [0.05, 0.1) is 0 Å². The van der Waals surface area contributed by atoms with Gasteiger partial charge < -0.3 is 5.32 Å². The summed E-state index contributed by atoms with van der Waals surface area (Å²) in [7, 11) is 0. The molecule has 0 saturated heterocycles. The molecule has 1 aromatic rings. The Labute approximate surface area is 123 Å². The van der Waals surface area contributed by atoms with Crippen molar-refractivity contribution in [2.45, 2.75) is 51.6 Å². The van der Waals surface area contributed by atoms with E-state index in [0.717, 1.165) is 22.0 Å². The van der Waals surface area contributed by atoms with E-state index in [4.69, 9.17) is 11.6 Å². The molecule has 100 valence electrons. The van der Waals surface area contributed by atoms with Crippen molar-refractivity contribution in [2.24, 2.45) is 5.92 Å². The summed E-state index contributed by atoms with van der Waals surface area (Å²) in [4.78, 5) is 0. The Morgan fingerprint density at radius 3 is 2.83 bits per heavy atom. The zero-order valence-corrected chi connectivity index (χ0v) is 13.2. The summed E-state index contributed by atoms with van der Waals surface area (Å²) in [6.07, 6.45) is 6.83. The van der Waals surface area contributed by atoms with Crippen molar-refractivity contribution in [1.82, 2.24) is 5.32 Å². The van der Waals surface area contributed by atoms with Crippen molar-refractivity contribution in [1.29, 1.82) is 0 Å². The van der Waals surface area contributed by atoms with Crippen molar-refractivity contribution in [2.75, 3.05) is 0 Å². The highest BCUT2D eigenvalue weighted by atomic mass is 79.9. The molecular formula is C15H21BrClN. The molecule has 0 radical (unpaired) electrons. The predicted molar refractivity (Wildman–Crippen MR) is 82.0 cm³/mol. The van der Waals surface area contributed by atoms with E-state index in [-0.39, 0.29) is 0 Å². The van der Waals surface area contributed by atoms with Crippen LogP contribution in [0.1, 0.15) is 44.6 Å². The molecule has 3 heteroatoms. The third-order valence-electron chi connectivity index (χ3n) is 3.93. The van der Waals surface area contributed by atoms with Crippen molar-refractivity contribution in [3.8, 4) is 0 Å². The SMILES string of the molecule is CC1CCCCCC1NCc1ccc(Cl)cc1Br. The van der Waals surface area contributed by atoms with Crippen molar-refractivity contribution >= 4 is 27.5 Å². The van der Waals surface area contributed by atoms with Crippen LogP contribution in [0.2, 0.25) is 5.02 Å². The van der Waals surface area contributed by atoms with Crippen LogP contribution in [0.25, 0.3) is 0 Å². The van der Waals surface area contributed by atoms with E-state index in [9.17, 15) is 0 Å². The monoisotopic (exact) mass is 329 g/mol. The van der Waals surface area contributed by atoms with Gasteiger partial charge in [0.15, 0.2) is 0 Å². The lowest BCUT2D eigenvalue weighted by Crippen LogP contribution is -2.33. The Morgan fingerprint density at radius 2 is 2.06 bits per heavy atom. The summed E-state index contributed by atoms with van der Waals surface area (Å²) in [6, 6.07) is 6.69. The number of benzene rings is 1. The van der Waals surface area contributed by atoms with Gasteiger partial charge in [-0.1, -0.05) is 59.8 Å². The molecule has 0 aromatic heterocycles. The summed E-state index contributed by atoms with van der Waals surface area (Å²) in [5.74, 6) is 0.790. The lowest BCUT2D eigenvalue weighted by molar-refractivity contribution is 0.356. The molecule has 1 aliphatic carbocycles. The first-order valence-corrected chi connectivity index (χ1v) is 8.01. The second-order valence-electron chi connectivity index (χ2n) is 5.34. The first-order valence-electron chi connectivity index (χ1n) is 6.84. The zero-order valence-electron chi connectivity index (χ0n) is 10.9. The molecule has 0 aliphatic heterocycles. The number of nitrogens with one attached hydrogen (secondary N) is 1. The Hall–Kier alpha value is -0.0500. The van der Waals surface area contributed by atoms with E-state index >= 15 is 0 Å². The first-order chi connectivity index (χ1) is 8.66. The number of hydrogen-bond acceptors (Lipinski definition) is 1. The van der Waals surface area contributed by atoms with Crippen LogP contribution < -0.4 is 5.32 Å². The fourth-order valence-electron chi connectivity index (χ4n) is 2.70. The largest absolute Gasteiger partial charge is 0.310 e. The zero-order chi connectivity index (χ0) is 13.0. The van der Waals surface area contributed by atoms with Crippen molar-refractivity contribution in [3.05, 3.63) is 33.3 Å². The van der Waals surface area contributed by atoms with Gasteiger partial charge in [0.1, 0.15) is 0 Å². The molecule has 1 aliphatic rings. The maximum atomic E-state index is 5.96. The average molecular weight is 331 g/mol. The van der Waals surface area contributed by atoms with E-state index in [1.54, 1.807) is 0 Å². The minimum Gasteiger partial charge on any atom is -0.310 e. The first kappa shape index (κ1) is 14.4. The fourth-order valence-corrected chi connectivity index (χ4v) is 3.53.